The van der Waals surface area contributed by atoms with Gasteiger partial charge in [-0.3, -0.25) is 0 Å². The first-order chi connectivity index (χ1) is 9.95. The second kappa shape index (κ2) is 4.68. The summed E-state index contributed by atoms with van der Waals surface area (Å²) in [7, 11) is 0. The van der Waals surface area contributed by atoms with E-state index in [2.05, 4.69) is 6.58 Å². The Balaban J connectivity index is 2.61. The van der Waals surface area contributed by atoms with Crippen molar-refractivity contribution in [3.05, 3.63) is 52.6 Å². The Morgan fingerprint density at radius 2 is 1.57 bits per heavy atom. The smallest absolute Gasteiger partial charge is 0.137 e. The average Bonchev–Trinajstić information content (AvgIpc) is 2.46. The Morgan fingerprint density at radius 3 is 2.24 bits per heavy atom. The zero-order valence-electron chi connectivity index (χ0n) is 11.9. The van der Waals surface area contributed by atoms with Gasteiger partial charge in [-0.25, -0.2) is 0 Å². The van der Waals surface area contributed by atoms with Crippen molar-refractivity contribution >= 4 is 39.2 Å². The Labute approximate surface area is 127 Å². The summed E-state index contributed by atoms with van der Waals surface area (Å²) in [5.74, 6) is 0.329. The van der Waals surface area contributed by atoms with Crippen LogP contribution >= 0.6 is 11.6 Å². The van der Waals surface area contributed by atoms with Crippen LogP contribution in [0.5, 0.6) is 11.5 Å². The third kappa shape index (κ3) is 1.87. The number of aryl methyl sites for hydroxylation is 1. The highest BCUT2D eigenvalue weighted by Crippen LogP contribution is 2.40. The van der Waals surface area contributed by atoms with E-state index in [9.17, 15) is 10.2 Å². The summed E-state index contributed by atoms with van der Waals surface area (Å²) in [6, 6.07) is 7.43. The molecule has 0 aliphatic heterocycles. The molecule has 3 aromatic carbocycles. The molecule has 2 nitrogen and oxygen atoms in total. The number of rotatable bonds is 1. The molecule has 3 heteroatoms. The molecule has 0 heterocycles. The molecule has 0 radical (unpaired) electrons. The molecule has 0 saturated carbocycles. The van der Waals surface area contributed by atoms with Crippen molar-refractivity contribution < 1.29 is 10.2 Å². The molecule has 106 valence electrons. The van der Waals surface area contributed by atoms with Crippen LogP contribution in [0.15, 0.2) is 30.8 Å². The molecule has 0 aliphatic rings. The molecule has 21 heavy (non-hydrogen) atoms. The number of halogens is 1. The van der Waals surface area contributed by atoms with E-state index in [4.69, 9.17) is 11.6 Å². The third-order valence-corrected chi connectivity index (χ3v) is 4.40. The monoisotopic (exact) mass is 298 g/mol. The number of phenolic OH excluding ortho intramolecular Hbond substituents is 2. The summed E-state index contributed by atoms with van der Waals surface area (Å²) in [5.41, 5.74) is 2.45. The molecule has 2 N–H and O–H groups in total. The fraction of sp³-hybridized carbons (Fsp3) is 0.111. The lowest BCUT2D eigenvalue weighted by atomic mass is 9.93. The SMILES string of the molecule is C=Cc1c(C)c(O)cc2c1ccc1c(C)c(O)c(Cl)cc12. The van der Waals surface area contributed by atoms with Crippen LogP contribution in [0.1, 0.15) is 16.7 Å². The summed E-state index contributed by atoms with van der Waals surface area (Å²) in [5, 5.41) is 24.2. The van der Waals surface area contributed by atoms with Gasteiger partial charge in [0.25, 0.3) is 0 Å². The molecule has 0 spiro atoms. The van der Waals surface area contributed by atoms with E-state index in [1.165, 1.54) is 0 Å². The molecule has 0 aromatic heterocycles. The number of hydrogen-bond donors (Lipinski definition) is 2. The molecule has 0 aliphatic carbocycles. The van der Waals surface area contributed by atoms with E-state index in [0.29, 0.717) is 5.02 Å². The van der Waals surface area contributed by atoms with Crippen molar-refractivity contribution in [1.82, 2.24) is 0 Å². The minimum absolute atomic E-state index is 0.101. The standard InChI is InChI=1S/C18H15ClO2/c1-4-11-9(2)17(20)8-15-13(11)6-5-12-10(3)18(21)16(19)7-14(12)15/h4-8,20-21H,1H2,2-3H3. The summed E-state index contributed by atoms with van der Waals surface area (Å²) < 4.78 is 0. The Morgan fingerprint density at radius 1 is 0.952 bits per heavy atom. The zero-order chi connectivity index (χ0) is 15.3. The van der Waals surface area contributed by atoms with Gasteiger partial charge >= 0.3 is 0 Å². The van der Waals surface area contributed by atoms with Gasteiger partial charge in [0.2, 0.25) is 0 Å². The maximum absolute atomic E-state index is 10.2. The van der Waals surface area contributed by atoms with Crippen LogP contribution in [-0.4, -0.2) is 10.2 Å². The molecular weight excluding hydrogens is 284 g/mol. The summed E-state index contributed by atoms with van der Waals surface area (Å²) in [4.78, 5) is 0. The quantitative estimate of drug-likeness (QED) is 0.597. The Bertz CT molecular complexity index is 911. The van der Waals surface area contributed by atoms with E-state index in [-0.39, 0.29) is 11.5 Å². The van der Waals surface area contributed by atoms with E-state index < -0.39 is 0 Å². The van der Waals surface area contributed by atoms with Crippen LogP contribution in [0.25, 0.3) is 27.6 Å². The summed E-state index contributed by atoms with van der Waals surface area (Å²) in [6.07, 6.45) is 1.75. The summed E-state index contributed by atoms with van der Waals surface area (Å²) >= 11 is 6.11. The van der Waals surface area contributed by atoms with Gasteiger partial charge in [0.05, 0.1) is 5.02 Å². The molecule has 0 amide bonds. The van der Waals surface area contributed by atoms with Crippen LogP contribution in [0.4, 0.5) is 0 Å². The van der Waals surface area contributed by atoms with E-state index in [0.717, 1.165) is 38.2 Å². The predicted octanol–water partition coefficient (Wildman–Crippen LogP) is 5.32. The van der Waals surface area contributed by atoms with Gasteiger partial charge in [0.15, 0.2) is 0 Å². The van der Waals surface area contributed by atoms with Crippen LogP contribution < -0.4 is 0 Å². The van der Waals surface area contributed by atoms with Crippen LogP contribution in [0.2, 0.25) is 5.02 Å². The molecule has 0 unspecified atom stereocenters. The fourth-order valence-electron chi connectivity index (χ4n) is 2.86. The first-order valence-electron chi connectivity index (χ1n) is 6.65. The summed E-state index contributed by atoms with van der Waals surface area (Å²) in [6.45, 7) is 7.53. The number of aromatic hydroxyl groups is 2. The maximum Gasteiger partial charge on any atom is 0.137 e. The fourth-order valence-corrected chi connectivity index (χ4v) is 3.11. The molecule has 0 atom stereocenters. The van der Waals surface area contributed by atoms with Gasteiger partial charge in [0, 0.05) is 5.56 Å². The van der Waals surface area contributed by atoms with Crippen molar-refractivity contribution in [2.45, 2.75) is 13.8 Å². The van der Waals surface area contributed by atoms with Crippen LogP contribution in [-0.2, 0) is 0 Å². The second-order valence-electron chi connectivity index (χ2n) is 5.23. The van der Waals surface area contributed by atoms with Gasteiger partial charge in [-0.1, -0.05) is 36.4 Å². The second-order valence-corrected chi connectivity index (χ2v) is 5.63. The molecule has 3 aromatic rings. The van der Waals surface area contributed by atoms with Gasteiger partial charge in [-0.2, -0.15) is 0 Å². The minimum Gasteiger partial charge on any atom is -0.508 e. The maximum atomic E-state index is 10.2. The first kappa shape index (κ1) is 13.8. The van der Waals surface area contributed by atoms with Crippen molar-refractivity contribution in [3.8, 4) is 11.5 Å². The molecule has 3 rings (SSSR count). The van der Waals surface area contributed by atoms with Crippen LogP contribution in [0, 0.1) is 13.8 Å². The molecule has 0 saturated heterocycles. The average molecular weight is 299 g/mol. The molecule has 0 bridgehead atoms. The van der Waals surface area contributed by atoms with Crippen molar-refractivity contribution in [3.63, 3.8) is 0 Å². The zero-order valence-corrected chi connectivity index (χ0v) is 12.6. The molecular formula is C18H15ClO2. The minimum atomic E-state index is 0.101. The van der Waals surface area contributed by atoms with E-state index in [1.807, 2.05) is 26.0 Å². The van der Waals surface area contributed by atoms with Gasteiger partial charge in [-0.15, -0.1) is 0 Å². The van der Waals surface area contributed by atoms with Crippen molar-refractivity contribution in [1.29, 1.82) is 0 Å². The lowest BCUT2D eigenvalue weighted by molar-refractivity contribution is 0.472. The van der Waals surface area contributed by atoms with E-state index >= 15 is 0 Å². The lowest BCUT2D eigenvalue weighted by Crippen LogP contribution is -1.89. The highest BCUT2D eigenvalue weighted by atomic mass is 35.5. The van der Waals surface area contributed by atoms with E-state index in [1.54, 1.807) is 18.2 Å². The number of fused-ring (bicyclic) bond motifs is 3. The highest BCUT2D eigenvalue weighted by Gasteiger charge is 2.13. The van der Waals surface area contributed by atoms with Crippen molar-refractivity contribution in [2.75, 3.05) is 0 Å². The van der Waals surface area contributed by atoms with Crippen LogP contribution in [0.3, 0.4) is 0 Å². The van der Waals surface area contributed by atoms with Gasteiger partial charge in [0.1, 0.15) is 11.5 Å². The number of phenols is 2. The Hall–Kier alpha value is -2.19. The topological polar surface area (TPSA) is 40.5 Å². The highest BCUT2D eigenvalue weighted by molar-refractivity contribution is 6.33. The normalized spacial score (nSPS) is 11.2. The number of hydrogen-bond acceptors (Lipinski definition) is 2. The first-order valence-corrected chi connectivity index (χ1v) is 7.03. The van der Waals surface area contributed by atoms with Gasteiger partial charge in [-0.05, 0) is 58.7 Å². The Kier molecular flexibility index (Phi) is 3.07. The predicted molar refractivity (Wildman–Crippen MR) is 89.4 cm³/mol. The van der Waals surface area contributed by atoms with Crippen molar-refractivity contribution in [2.24, 2.45) is 0 Å². The number of benzene rings is 3. The third-order valence-electron chi connectivity index (χ3n) is 4.11. The van der Waals surface area contributed by atoms with Gasteiger partial charge < -0.3 is 10.2 Å². The lowest BCUT2D eigenvalue weighted by Gasteiger charge is -2.13. The largest absolute Gasteiger partial charge is 0.508 e. The molecule has 0 fully saturated rings.